The van der Waals surface area contributed by atoms with E-state index in [2.05, 4.69) is 0 Å². The Morgan fingerprint density at radius 2 is 1.34 bits per heavy atom. The summed E-state index contributed by atoms with van der Waals surface area (Å²) in [5.41, 5.74) is 2.42. The maximum Gasteiger partial charge on any atom is 0.338 e. The van der Waals surface area contributed by atoms with Crippen LogP contribution in [0.25, 0.3) is 0 Å². The molecule has 0 amide bonds. The first-order valence-electron chi connectivity index (χ1n) is 9.52. The number of aliphatic hydroxyl groups is 1. The molecule has 0 bridgehead atoms. The SMILES string of the molecule is O=C(OCCCO)c1ccc(OCc2ccccc2)c(OCc2ccccc2)c1. The lowest BCUT2D eigenvalue weighted by Gasteiger charge is -2.14. The largest absolute Gasteiger partial charge is 0.485 e. The van der Waals surface area contributed by atoms with Crippen LogP contribution in [-0.2, 0) is 18.0 Å². The Morgan fingerprint density at radius 1 is 0.759 bits per heavy atom. The molecule has 3 rings (SSSR count). The van der Waals surface area contributed by atoms with E-state index in [-0.39, 0.29) is 13.2 Å². The lowest BCUT2D eigenvalue weighted by Crippen LogP contribution is -2.08. The van der Waals surface area contributed by atoms with Crippen LogP contribution in [0.3, 0.4) is 0 Å². The summed E-state index contributed by atoms with van der Waals surface area (Å²) in [7, 11) is 0. The Hall–Kier alpha value is -3.31. The molecule has 0 aromatic heterocycles. The van der Waals surface area contributed by atoms with Crippen LogP contribution in [0.1, 0.15) is 27.9 Å². The maximum absolute atomic E-state index is 12.2. The fraction of sp³-hybridized carbons (Fsp3) is 0.208. The molecule has 0 radical (unpaired) electrons. The predicted molar refractivity (Wildman–Crippen MR) is 110 cm³/mol. The minimum absolute atomic E-state index is 0.0228. The molecule has 0 aliphatic heterocycles. The summed E-state index contributed by atoms with van der Waals surface area (Å²) in [5, 5.41) is 8.83. The van der Waals surface area contributed by atoms with Crippen LogP contribution in [0.2, 0.25) is 0 Å². The molecular formula is C24H24O5. The Bertz CT molecular complexity index is 894. The lowest BCUT2D eigenvalue weighted by atomic mass is 10.2. The fourth-order valence-electron chi connectivity index (χ4n) is 2.65. The quantitative estimate of drug-likeness (QED) is 0.410. The molecule has 3 aromatic rings. The number of rotatable bonds is 10. The number of benzene rings is 3. The van der Waals surface area contributed by atoms with Gasteiger partial charge in [0.15, 0.2) is 11.5 Å². The van der Waals surface area contributed by atoms with Crippen LogP contribution in [0.15, 0.2) is 78.9 Å². The zero-order chi connectivity index (χ0) is 20.3. The number of hydrogen-bond acceptors (Lipinski definition) is 5. The van der Waals surface area contributed by atoms with Crippen LogP contribution in [0, 0.1) is 0 Å². The smallest absolute Gasteiger partial charge is 0.338 e. The molecule has 29 heavy (non-hydrogen) atoms. The third kappa shape index (κ3) is 6.36. The van der Waals surface area contributed by atoms with Crippen molar-refractivity contribution in [3.63, 3.8) is 0 Å². The minimum atomic E-state index is -0.461. The second kappa shape index (κ2) is 10.9. The molecular weight excluding hydrogens is 368 g/mol. The zero-order valence-electron chi connectivity index (χ0n) is 16.1. The van der Waals surface area contributed by atoms with Crippen molar-refractivity contribution >= 4 is 5.97 Å². The molecule has 0 saturated carbocycles. The van der Waals surface area contributed by atoms with Crippen LogP contribution in [0.5, 0.6) is 11.5 Å². The van der Waals surface area contributed by atoms with Gasteiger partial charge in [-0.25, -0.2) is 4.79 Å². The monoisotopic (exact) mass is 392 g/mol. The van der Waals surface area contributed by atoms with E-state index in [0.717, 1.165) is 11.1 Å². The van der Waals surface area contributed by atoms with E-state index >= 15 is 0 Å². The van der Waals surface area contributed by atoms with Crippen LogP contribution in [0.4, 0.5) is 0 Å². The predicted octanol–water partition coefficient (Wildman–Crippen LogP) is 4.38. The van der Waals surface area contributed by atoms with Crippen molar-refractivity contribution < 1.29 is 24.1 Å². The highest BCUT2D eigenvalue weighted by Crippen LogP contribution is 2.30. The molecule has 0 saturated heterocycles. The average molecular weight is 392 g/mol. The summed E-state index contributed by atoms with van der Waals surface area (Å²) in [4.78, 5) is 12.2. The van der Waals surface area contributed by atoms with Gasteiger partial charge in [0.05, 0.1) is 12.2 Å². The maximum atomic E-state index is 12.2. The third-order valence-corrected chi connectivity index (χ3v) is 4.19. The number of carbonyl (C=O) groups excluding carboxylic acids is 1. The highest BCUT2D eigenvalue weighted by molar-refractivity contribution is 5.90. The van der Waals surface area contributed by atoms with E-state index in [9.17, 15) is 4.79 Å². The van der Waals surface area contributed by atoms with Gasteiger partial charge in [-0.1, -0.05) is 60.7 Å². The minimum Gasteiger partial charge on any atom is -0.485 e. The normalized spacial score (nSPS) is 10.4. The van der Waals surface area contributed by atoms with Crippen molar-refractivity contribution in [3.05, 3.63) is 95.6 Å². The van der Waals surface area contributed by atoms with E-state index in [4.69, 9.17) is 19.3 Å². The van der Waals surface area contributed by atoms with Gasteiger partial charge in [0.1, 0.15) is 13.2 Å². The highest BCUT2D eigenvalue weighted by atomic mass is 16.5. The Balaban J connectivity index is 1.74. The summed E-state index contributed by atoms with van der Waals surface area (Å²) < 4.78 is 17.1. The first kappa shape index (κ1) is 20.4. The molecule has 3 aromatic carbocycles. The van der Waals surface area contributed by atoms with Gasteiger partial charge < -0.3 is 19.3 Å². The van der Waals surface area contributed by atoms with Gasteiger partial charge in [0.2, 0.25) is 0 Å². The summed E-state index contributed by atoms with van der Waals surface area (Å²) >= 11 is 0. The van der Waals surface area contributed by atoms with Crippen molar-refractivity contribution in [1.82, 2.24) is 0 Å². The highest BCUT2D eigenvalue weighted by Gasteiger charge is 2.13. The van der Waals surface area contributed by atoms with Gasteiger partial charge in [-0.3, -0.25) is 0 Å². The molecule has 0 unspecified atom stereocenters. The first-order chi connectivity index (χ1) is 14.3. The Kier molecular flexibility index (Phi) is 7.66. The number of esters is 1. The number of aliphatic hydroxyl groups excluding tert-OH is 1. The summed E-state index contributed by atoms with van der Waals surface area (Å²) in [6.07, 6.45) is 0.404. The van der Waals surface area contributed by atoms with Crippen molar-refractivity contribution in [2.75, 3.05) is 13.2 Å². The molecule has 0 aliphatic carbocycles. The van der Waals surface area contributed by atoms with Gasteiger partial charge >= 0.3 is 5.97 Å². The molecule has 0 fully saturated rings. The van der Waals surface area contributed by atoms with E-state index < -0.39 is 5.97 Å². The van der Waals surface area contributed by atoms with Gasteiger partial charge in [-0.2, -0.15) is 0 Å². The molecule has 5 heteroatoms. The first-order valence-corrected chi connectivity index (χ1v) is 9.52. The molecule has 0 atom stereocenters. The molecule has 0 aliphatic rings. The fourth-order valence-corrected chi connectivity index (χ4v) is 2.65. The molecule has 0 spiro atoms. The summed E-state index contributed by atoms with van der Waals surface area (Å²) in [6, 6.07) is 24.6. The van der Waals surface area contributed by atoms with Crippen LogP contribution in [-0.4, -0.2) is 24.3 Å². The topological polar surface area (TPSA) is 65.0 Å². The second-order valence-electron chi connectivity index (χ2n) is 6.42. The number of hydrogen-bond donors (Lipinski definition) is 1. The molecule has 5 nitrogen and oxygen atoms in total. The Labute approximate surface area is 170 Å². The van der Waals surface area contributed by atoms with Crippen LogP contribution >= 0.6 is 0 Å². The van der Waals surface area contributed by atoms with Crippen molar-refractivity contribution in [3.8, 4) is 11.5 Å². The average Bonchev–Trinajstić information content (AvgIpc) is 2.78. The van der Waals surface area contributed by atoms with Gasteiger partial charge in [-0.15, -0.1) is 0 Å². The van der Waals surface area contributed by atoms with Crippen molar-refractivity contribution in [2.24, 2.45) is 0 Å². The van der Waals surface area contributed by atoms with E-state index in [0.29, 0.717) is 36.7 Å². The van der Waals surface area contributed by atoms with Gasteiger partial charge in [0, 0.05) is 13.0 Å². The number of ether oxygens (including phenoxy) is 3. The molecule has 1 N–H and O–H groups in total. The molecule has 0 heterocycles. The zero-order valence-corrected chi connectivity index (χ0v) is 16.1. The van der Waals surface area contributed by atoms with Gasteiger partial charge in [0.25, 0.3) is 0 Å². The van der Waals surface area contributed by atoms with Gasteiger partial charge in [-0.05, 0) is 29.3 Å². The molecule has 150 valence electrons. The van der Waals surface area contributed by atoms with E-state index in [1.165, 1.54) is 0 Å². The second-order valence-corrected chi connectivity index (χ2v) is 6.42. The number of carbonyl (C=O) groups is 1. The standard InChI is InChI=1S/C24H24O5/c25-14-7-15-27-24(26)21-12-13-22(28-17-19-8-3-1-4-9-19)23(16-21)29-18-20-10-5-2-6-11-20/h1-6,8-13,16,25H,7,14-15,17-18H2. The van der Waals surface area contributed by atoms with Crippen molar-refractivity contribution in [1.29, 1.82) is 0 Å². The van der Waals surface area contributed by atoms with E-state index in [1.807, 2.05) is 60.7 Å². The lowest BCUT2D eigenvalue weighted by molar-refractivity contribution is 0.0481. The summed E-state index contributed by atoms with van der Waals surface area (Å²) in [5.74, 6) is 0.565. The van der Waals surface area contributed by atoms with Crippen LogP contribution < -0.4 is 9.47 Å². The Morgan fingerprint density at radius 3 is 1.93 bits per heavy atom. The third-order valence-electron chi connectivity index (χ3n) is 4.19. The summed E-state index contributed by atoms with van der Waals surface area (Å²) in [6.45, 7) is 0.890. The van der Waals surface area contributed by atoms with E-state index in [1.54, 1.807) is 18.2 Å². The van der Waals surface area contributed by atoms with Crippen molar-refractivity contribution in [2.45, 2.75) is 19.6 Å².